The first-order valence-corrected chi connectivity index (χ1v) is 7.61. The summed E-state index contributed by atoms with van der Waals surface area (Å²) in [6, 6.07) is 9.86. The molecule has 1 saturated heterocycles. The monoisotopic (exact) mass is 280 g/mol. The van der Waals surface area contributed by atoms with Crippen molar-refractivity contribution in [2.24, 2.45) is 5.92 Å². The Hall–Kier alpha value is -0.570. The second-order valence-corrected chi connectivity index (χ2v) is 6.47. The van der Waals surface area contributed by atoms with Crippen LogP contribution in [0.15, 0.2) is 24.3 Å². The Morgan fingerprint density at radius 2 is 1.84 bits per heavy atom. The summed E-state index contributed by atoms with van der Waals surface area (Å²) < 4.78 is 0. The number of rotatable bonds is 3. The van der Waals surface area contributed by atoms with Crippen molar-refractivity contribution in [1.82, 2.24) is 10.2 Å². The molecular weight excluding hydrogens is 256 g/mol. The van der Waals surface area contributed by atoms with Crippen molar-refractivity contribution in [2.75, 3.05) is 13.1 Å². The van der Waals surface area contributed by atoms with E-state index in [4.69, 9.17) is 11.6 Å². The SMILES string of the molecule is CC(C)C1CN(C(C)c2ccc(Cl)cc2)C(C)CN1. The molecule has 1 aliphatic rings. The maximum atomic E-state index is 5.97. The highest BCUT2D eigenvalue weighted by Crippen LogP contribution is 2.26. The summed E-state index contributed by atoms with van der Waals surface area (Å²) in [5, 5.41) is 4.46. The number of hydrogen-bond acceptors (Lipinski definition) is 2. The van der Waals surface area contributed by atoms with Crippen molar-refractivity contribution in [3.63, 3.8) is 0 Å². The van der Waals surface area contributed by atoms with E-state index in [2.05, 4.69) is 50.0 Å². The van der Waals surface area contributed by atoms with Gasteiger partial charge in [0.2, 0.25) is 0 Å². The van der Waals surface area contributed by atoms with Crippen molar-refractivity contribution in [2.45, 2.75) is 45.8 Å². The van der Waals surface area contributed by atoms with Crippen LogP contribution in [0.25, 0.3) is 0 Å². The van der Waals surface area contributed by atoms with Crippen LogP contribution in [0.3, 0.4) is 0 Å². The molecule has 2 nitrogen and oxygen atoms in total. The molecule has 1 fully saturated rings. The third kappa shape index (κ3) is 3.50. The lowest BCUT2D eigenvalue weighted by molar-refractivity contribution is 0.0852. The van der Waals surface area contributed by atoms with Crippen LogP contribution in [-0.2, 0) is 0 Å². The summed E-state index contributed by atoms with van der Waals surface area (Å²) in [4.78, 5) is 2.60. The second kappa shape index (κ2) is 6.25. The van der Waals surface area contributed by atoms with Gasteiger partial charge in [0, 0.05) is 36.2 Å². The highest BCUT2D eigenvalue weighted by molar-refractivity contribution is 6.30. The lowest BCUT2D eigenvalue weighted by Crippen LogP contribution is -2.57. The fourth-order valence-corrected chi connectivity index (χ4v) is 2.96. The molecule has 0 bridgehead atoms. The lowest BCUT2D eigenvalue weighted by Gasteiger charge is -2.43. The molecule has 1 aromatic carbocycles. The molecule has 3 atom stereocenters. The summed E-state index contributed by atoms with van der Waals surface area (Å²) in [5.41, 5.74) is 1.35. The molecule has 1 aromatic rings. The molecule has 3 unspecified atom stereocenters. The normalized spacial score (nSPS) is 26.6. The van der Waals surface area contributed by atoms with Crippen LogP contribution >= 0.6 is 11.6 Å². The van der Waals surface area contributed by atoms with Gasteiger partial charge in [-0.25, -0.2) is 0 Å². The topological polar surface area (TPSA) is 15.3 Å². The molecule has 3 heteroatoms. The average Bonchev–Trinajstić information content (AvgIpc) is 2.39. The third-order valence-corrected chi connectivity index (χ3v) is 4.56. The number of halogens is 1. The Bertz CT molecular complexity index is 402. The van der Waals surface area contributed by atoms with E-state index in [1.54, 1.807) is 0 Å². The van der Waals surface area contributed by atoms with Crippen LogP contribution in [-0.4, -0.2) is 30.1 Å². The fourth-order valence-electron chi connectivity index (χ4n) is 2.83. The van der Waals surface area contributed by atoms with Crippen molar-refractivity contribution < 1.29 is 0 Å². The first-order chi connectivity index (χ1) is 8.99. The minimum atomic E-state index is 0.440. The zero-order chi connectivity index (χ0) is 14.0. The predicted molar refractivity (Wildman–Crippen MR) is 82.7 cm³/mol. The molecule has 0 aliphatic carbocycles. The van der Waals surface area contributed by atoms with Crippen LogP contribution in [0, 0.1) is 5.92 Å². The Morgan fingerprint density at radius 3 is 2.42 bits per heavy atom. The van der Waals surface area contributed by atoms with E-state index in [1.165, 1.54) is 5.56 Å². The van der Waals surface area contributed by atoms with E-state index < -0.39 is 0 Å². The summed E-state index contributed by atoms with van der Waals surface area (Å²) in [6.45, 7) is 11.4. The van der Waals surface area contributed by atoms with Crippen LogP contribution in [0.1, 0.15) is 39.3 Å². The second-order valence-electron chi connectivity index (χ2n) is 6.03. The van der Waals surface area contributed by atoms with Gasteiger partial charge in [-0.2, -0.15) is 0 Å². The van der Waals surface area contributed by atoms with E-state index in [0.29, 0.717) is 24.0 Å². The smallest absolute Gasteiger partial charge is 0.0406 e. The standard InChI is InChI=1S/C16H25ClN2/c1-11(2)16-10-19(12(3)9-18-16)13(4)14-5-7-15(17)8-6-14/h5-8,11-13,16,18H,9-10H2,1-4H3. The quantitative estimate of drug-likeness (QED) is 0.908. The summed E-state index contributed by atoms with van der Waals surface area (Å²) in [5.74, 6) is 0.674. The predicted octanol–water partition coefficient (Wildman–Crippen LogP) is 3.72. The Kier molecular flexibility index (Phi) is 4.88. The minimum absolute atomic E-state index is 0.440. The highest BCUT2D eigenvalue weighted by Gasteiger charge is 2.30. The molecule has 0 saturated carbocycles. The molecule has 1 N–H and O–H groups in total. The van der Waals surface area contributed by atoms with Gasteiger partial charge in [0.15, 0.2) is 0 Å². The number of piperazine rings is 1. The van der Waals surface area contributed by atoms with Gasteiger partial charge in [0.1, 0.15) is 0 Å². The van der Waals surface area contributed by atoms with Crippen LogP contribution in [0.5, 0.6) is 0 Å². The summed E-state index contributed by atoms with van der Waals surface area (Å²) >= 11 is 5.97. The highest BCUT2D eigenvalue weighted by atomic mass is 35.5. The van der Waals surface area contributed by atoms with Gasteiger partial charge < -0.3 is 5.32 Å². The van der Waals surface area contributed by atoms with Gasteiger partial charge in [-0.05, 0) is 37.5 Å². The van der Waals surface area contributed by atoms with Crippen LogP contribution in [0.4, 0.5) is 0 Å². The number of nitrogens with one attached hydrogen (secondary N) is 1. The maximum absolute atomic E-state index is 5.97. The van der Waals surface area contributed by atoms with E-state index in [9.17, 15) is 0 Å². The van der Waals surface area contributed by atoms with Crippen LogP contribution < -0.4 is 5.32 Å². The van der Waals surface area contributed by atoms with Gasteiger partial charge in [0.25, 0.3) is 0 Å². The molecule has 106 valence electrons. The summed E-state index contributed by atoms with van der Waals surface area (Å²) in [6.07, 6.45) is 0. The lowest BCUT2D eigenvalue weighted by atomic mass is 9.96. The van der Waals surface area contributed by atoms with Crippen LogP contribution in [0.2, 0.25) is 5.02 Å². The number of nitrogens with zero attached hydrogens (tertiary/aromatic N) is 1. The Balaban J connectivity index is 2.11. The number of hydrogen-bond donors (Lipinski definition) is 1. The van der Waals surface area contributed by atoms with Gasteiger partial charge in [-0.1, -0.05) is 37.6 Å². The molecule has 1 heterocycles. The van der Waals surface area contributed by atoms with Gasteiger partial charge >= 0.3 is 0 Å². The maximum Gasteiger partial charge on any atom is 0.0406 e. The van der Waals surface area contributed by atoms with Gasteiger partial charge in [-0.15, -0.1) is 0 Å². The first-order valence-electron chi connectivity index (χ1n) is 7.23. The van der Waals surface area contributed by atoms with Crippen molar-refractivity contribution in [3.8, 4) is 0 Å². The van der Waals surface area contributed by atoms with Crippen molar-refractivity contribution in [1.29, 1.82) is 0 Å². The van der Waals surface area contributed by atoms with E-state index in [0.717, 1.165) is 18.1 Å². The molecule has 0 aromatic heterocycles. The summed E-state index contributed by atoms with van der Waals surface area (Å²) in [7, 11) is 0. The molecule has 0 radical (unpaired) electrons. The molecule has 0 amide bonds. The molecule has 0 spiro atoms. The average molecular weight is 281 g/mol. The molecule has 1 aliphatic heterocycles. The Morgan fingerprint density at radius 1 is 1.21 bits per heavy atom. The van der Waals surface area contributed by atoms with E-state index >= 15 is 0 Å². The zero-order valence-corrected chi connectivity index (χ0v) is 13.1. The zero-order valence-electron chi connectivity index (χ0n) is 12.4. The Labute approximate surface area is 122 Å². The molecular formula is C16H25ClN2. The first kappa shape index (κ1) is 14.8. The van der Waals surface area contributed by atoms with Gasteiger partial charge in [0.05, 0.1) is 0 Å². The largest absolute Gasteiger partial charge is 0.311 e. The van der Waals surface area contributed by atoms with Crippen molar-refractivity contribution in [3.05, 3.63) is 34.9 Å². The van der Waals surface area contributed by atoms with Crippen molar-refractivity contribution >= 4 is 11.6 Å². The number of benzene rings is 1. The minimum Gasteiger partial charge on any atom is -0.311 e. The molecule has 19 heavy (non-hydrogen) atoms. The fraction of sp³-hybridized carbons (Fsp3) is 0.625. The van der Waals surface area contributed by atoms with Gasteiger partial charge in [-0.3, -0.25) is 4.90 Å². The third-order valence-electron chi connectivity index (χ3n) is 4.30. The van der Waals surface area contributed by atoms with E-state index in [-0.39, 0.29) is 0 Å². The van der Waals surface area contributed by atoms with E-state index in [1.807, 2.05) is 12.1 Å². The molecule has 2 rings (SSSR count).